The van der Waals surface area contributed by atoms with E-state index in [2.05, 4.69) is 45.2 Å². The van der Waals surface area contributed by atoms with E-state index in [1.165, 1.54) is 25.7 Å². The molecule has 0 heterocycles. The van der Waals surface area contributed by atoms with Gasteiger partial charge in [0.05, 0.1) is 0 Å². The number of nitrogens with one attached hydrogen (secondary N) is 1. The number of allylic oxidation sites excluding steroid dienone is 1. The molecule has 2 bridgehead atoms. The normalized spacial score (nSPS) is 41.0. The zero-order chi connectivity index (χ0) is 11.8. The zero-order valence-corrected chi connectivity index (χ0v) is 11.3. The predicted molar refractivity (Wildman–Crippen MR) is 70.5 cm³/mol. The van der Waals surface area contributed by atoms with Crippen molar-refractivity contribution in [3.05, 3.63) is 12.2 Å². The molecule has 2 saturated carbocycles. The van der Waals surface area contributed by atoms with Gasteiger partial charge in [0, 0.05) is 6.04 Å². The molecule has 92 valence electrons. The van der Waals surface area contributed by atoms with Gasteiger partial charge in [-0.05, 0) is 55.9 Å². The zero-order valence-electron chi connectivity index (χ0n) is 11.3. The van der Waals surface area contributed by atoms with Crippen LogP contribution in [-0.2, 0) is 0 Å². The van der Waals surface area contributed by atoms with Gasteiger partial charge in [-0.3, -0.25) is 0 Å². The molecule has 2 aliphatic carbocycles. The molecule has 16 heavy (non-hydrogen) atoms. The lowest BCUT2D eigenvalue weighted by Crippen LogP contribution is -2.50. The Balaban J connectivity index is 1.97. The Kier molecular flexibility index (Phi) is 3.18. The van der Waals surface area contributed by atoms with Crippen molar-refractivity contribution in [2.24, 2.45) is 16.7 Å². The van der Waals surface area contributed by atoms with E-state index in [1.807, 2.05) is 0 Å². The fourth-order valence-electron chi connectivity index (χ4n) is 4.29. The molecule has 0 saturated heterocycles. The van der Waals surface area contributed by atoms with E-state index < -0.39 is 0 Å². The van der Waals surface area contributed by atoms with Gasteiger partial charge in [-0.15, -0.1) is 0 Å². The van der Waals surface area contributed by atoms with Crippen molar-refractivity contribution in [2.75, 3.05) is 6.54 Å². The Morgan fingerprint density at radius 1 is 1.31 bits per heavy atom. The highest BCUT2D eigenvalue weighted by Gasteiger charge is 2.58. The van der Waals surface area contributed by atoms with Gasteiger partial charge >= 0.3 is 0 Å². The van der Waals surface area contributed by atoms with Crippen LogP contribution in [0.15, 0.2) is 12.2 Å². The predicted octanol–water partition coefficient (Wildman–Crippen LogP) is 3.76. The highest BCUT2D eigenvalue weighted by Crippen LogP contribution is 2.62. The molecule has 2 fully saturated rings. The molecule has 1 nitrogen and oxygen atoms in total. The quantitative estimate of drug-likeness (QED) is 0.563. The Morgan fingerprint density at radius 2 is 2.06 bits per heavy atom. The van der Waals surface area contributed by atoms with Crippen LogP contribution >= 0.6 is 0 Å². The van der Waals surface area contributed by atoms with E-state index in [4.69, 9.17) is 0 Å². The first-order valence-electron chi connectivity index (χ1n) is 6.85. The van der Waals surface area contributed by atoms with Crippen LogP contribution in [-0.4, -0.2) is 12.6 Å². The maximum atomic E-state index is 3.83. The summed E-state index contributed by atoms with van der Waals surface area (Å²) in [7, 11) is 0. The standard InChI is InChI=1S/C15H27N/c1-5-6-7-10-16-13-14(2,3)12-8-9-15(13,4)11-12/h5-6,12-13,16H,7-11H2,1-4H3/b6-5+. The van der Waals surface area contributed by atoms with Crippen LogP contribution in [0.25, 0.3) is 0 Å². The summed E-state index contributed by atoms with van der Waals surface area (Å²) in [5, 5.41) is 3.83. The van der Waals surface area contributed by atoms with E-state index in [1.54, 1.807) is 0 Å². The summed E-state index contributed by atoms with van der Waals surface area (Å²) in [5.74, 6) is 0.955. The van der Waals surface area contributed by atoms with Crippen LogP contribution in [0.4, 0.5) is 0 Å². The molecule has 0 aromatic rings. The minimum atomic E-state index is 0.503. The molecule has 3 atom stereocenters. The molecule has 2 rings (SSSR count). The third-order valence-electron chi connectivity index (χ3n) is 5.16. The molecule has 0 aromatic carbocycles. The van der Waals surface area contributed by atoms with E-state index in [-0.39, 0.29) is 0 Å². The fourth-order valence-corrected chi connectivity index (χ4v) is 4.29. The molecule has 1 N–H and O–H groups in total. The van der Waals surface area contributed by atoms with Crippen molar-refractivity contribution in [3.63, 3.8) is 0 Å². The lowest BCUT2D eigenvalue weighted by Gasteiger charge is -2.43. The molecule has 0 radical (unpaired) electrons. The summed E-state index contributed by atoms with van der Waals surface area (Å²) in [6.07, 6.45) is 9.91. The van der Waals surface area contributed by atoms with Crippen LogP contribution in [0, 0.1) is 16.7 Å². The van der Waals surface area contributed by atoms with Crippen molar-refractivity contribution >= 4 is 0 Å². The van der Waals surface area contributed by atoms with Crippen LogP contribution in [0.1, 0.15) is 53.4 Å². The third-order valence-corrected chi connectivity index (χ3v) is 5.16. The van der Waals surface area contributed by atoms with Gasteiger partial charge in [0.2, 0.25) is 0 Å². The highest BCUT2D eigenvalue weighted by molar-refractivity contribution is 5.12. The van der Waals surface area contributed by atoms with Crippen LogP contribution in [0.2, 0.25) is 0 Å². The second-order valence-electron chi connectivity index (χ2n) is 6.66. The van der Waals surface area contributed by atoms with Gasteiger partial charge in [0.15, 0.2) is 0 Å². The Labute approximate surface area is 101 Å². The maximum Gasteiger partial charge on any atom is 0.0175 e. The Hall–Kier alpha value is -0.300. The Morgan fingerprint density at radius 3 is 2.62 bits per heavy atom. The molecule has 0 amide bonds. The van der Waals surface area contributed by atoms with E-state index in [0.717, 1.165) is 18.5 Å². The number of hydrogen-bond donors (Lipinski definition) is 1. The summed E-state index contributed by atoms with van der Waals surface area (Å²) in [6, 6.07) is 0.726. The molecule has 0 aliphatic heterocycles. The average Bonchev–Trinajstić information content (AvgIpc) is 2.68. The summed E-state index contributed by atoms with van der Waals surface area (Å²) >= 11 is 0. The highest BCUT2D eigenvalue weighted by atomic mass is 15.0. The molecular weight excluding hydrogens is 194 g/mol. The second kappa shape index (κ2) is 4.18. The topological polar surface area (TPSA) is 12.0 Å². The minimum Gasteiger partial charge on any atom is -0.313 e. The number of hydrogen-bond acceptors (Lipinski definition) is 1. The van der Waals surface area contributed by atoms with E-state index in [9.17, 15) is 0 Å². The smallest absolute Gasteiger partial charge is 0.0175 e. The van der Waals surface area contributed by atoms with Gasteiger partial charge in [-0.1, -0.05) is 32.9 Å². The third kappa shape index (κ3) is 1.84. The molecule has 0 aromatic heterocycles. The molecular formula is C15H27N. The van der Waals surface area contributed by atoms with Crippen molar-refractivity contribution in [2.45, 2.75) is 59.4 Å². The van der Waals surface area contributed by atoms with Crippen LogP contribution < -0.4 is 5.32 Å². The first-order valence-corrected chi connectivity index (χ1v) is 6.85. The van der Waals surface area contributed by atoms with Gasteiger partial charge in [-0.25, -0.2) is 0 Å². The fraction of sp³-hybridized carbons (Fsp3) is 0.867. The van der Waals surface area contributed by atoms with Crippen molar-refractivity contribution < 1.29 is 0 Å². The summed E-state index contributed by atoms with van der Waals surface area (Å²) < 4.78 is 0. The molecule has 0 spiro atoms. The van der Waals surface area contributed by atoms with E-state index in [0.29, 0.717) is 10.8 Å². The Bertz CT molecular complexity index is 274. The van der Waals surface area contributed by atoms with Gasteiger partial charge in [0.1, 0.15) is 0 Å². The number of fused-ring (bicyclic) bond motifs is 2. The summed E-state index contributed by atoms with van der Waals surface area (Å²) in [6.45, 7) is 10.7. The van der Waals surface area contributed by atoms with Crippen LogP contribution in [0.3, 0.4) is 0 Å². The van der Waals surface area contributed by atoms with Crippen LogP contribution in [0.5, 0.6) is 0 Å². The van der Waals surface area contributed by atoms with Crippen molar-refractivity contribution in [1.29, 1.82) is 0 Å². The maximum absolute atomic E-state index is 3.83. The lowest BCUT2D eigenvalue weighted by atomic mass is 9.68. The molecule has 2 aliphatic rings. The summed E-state index contributed by atoms with van der Waals surface area (Å²) in [4.78, 5) is 0. The monoisotopic (exact) mass is 221 g/mol. The second-order valence-corrected chi connectivity index (χ2v) is 6.66. The van der Waals surface area contributed by atoms with Gasteiger partial charge in [-0.2, -0.15) is 0 Å². The van der Waals surface area contributed by atoms with Gasteiger partial charge < -0.3 is 5.32 Å². The number of rotatable bonds is 4. The largest absolute Gasteiger partial charge is 0.313 e. The SMILES string of the molecule is C/C=C/CCNC1C2(C)CCC(C2)C1(C)C. The van der Waals surface area contributed by atoms with Gasteiger partial charge in [0.25, 0.3) is 0 Å². The minimum absolute atomic E-state index is 0.503. The first kappa shape index (κ1) is 12.2. The summed E-state index contributed by atoms with van der Waals surface area (Å²) in [5.41, 5.74) is 1.08. The lowest BCUT2D eigenvalue weighted by molar-refractivity contribution is 0.110. The van der Waals surface area contributed by atoms with Crippen molar-refractivity contribution in [1.82, 2.24) is 5.32 Å². The van der Waals surface area contributed by atoms with E-state index >= 15 is 0 Å². The average molecular weight is 221 g/mol. The van der Waals surface area contributed by atoms with Crippen molar-refractivity contribution in [3.8, 4) is 0 Å². The molecule has 3 unspecified atom stereocenters. The molecule has 1 heteroatoms. The first-order chi connectivity index (χ1) is 7.50.